The second-order valence-corrected chi connectivity index (χ2v) is 7.41. The van der Waals surface area contributed by atoms with Crippen LogP contribution in [0, 0.1) is 13.8 Å². The maximum Gasteiger partial charge on any atom is 0.295 e. The minimum atomic E-state index is -0.364. The number of rotatable bonds is 6. The van der Waals surface area contributed by atoms with Crippen LogP contribution in [0.1, 0.15) is 11.4 Å². The van der Waals surface area contributed by atoms with Crippen molar-refractivity contribution < 1.29 is 9.53 Å². The zero-order valence-corrected chi connectivity index (χ0v) is 17.3. The van der Waals surface area contributed by atoms with Crippen molar-refractivity contribution in [1.82, 2.24) is 29.8 Å². The minimum Gasteiger partial charge on any atom is -0.379 e. The third-order valence-electron chi connectivity index (χ3n) is 5.33. The Balaban J connectivity index is 1.51. The molecule has 158 valence electrons. The van der Waals surface area contributed by atoms with Gasteiger partial charge in [0.25, 0.3) is 5.56 Å². The monoisotopic (exact) mass is 410 g/mol. The van der Waals surface area contributed by atoms with Crippen LogP contribution >= 0.6 is 0 Å². The van der Waals surface area contributed by atoms with E-state index in [0.717, 1.165) is 49.6 Å². The predicted molar refractivity (Wildman–Crippen MR) is 113 cm³/mol. The van der Waals surface area contributed by atoms with Gasteiger partial charge in [-0.3, -0.25) is 14.5 Å². The first kappa shape index (κ1) is 20.2. The summed E-state index contributed by atoms with van der Waals surface area (Å²) in [6.07, 6.45) is 0. The first-order valence-corrected chi connectivity index (χ1v) is 10.1. The Hall–Kier alpha value is -3.04. The summed E-state index contributed by atoms with van der Waals surface area (Å²) in [5, 5.41) is 12.5. The van der Waals surface area contributed by atoms with Gasteiger partial charge >= 0.3 is 0 Å². The fourth-order valence-corrected chi connectivity index (χ4v) is 3.78. The van der Waals surface area contributed by atoms with Crippen LogP contribution in [0.2, 0.25) is 0 Å². The Kier molecular flexibility index (Phi) is 5.91. The highest BCUT2D eigenvalue weighted by Crippen LogP contribution is 2.20. The summed E-state index contributed by atoms with van der Waals surface area (Å²) in [5.74, 6) is -0.240. The molecule has 0 bridgehead atoms. The molecule has 9 heteroatoms. The zero-order valence-electron chi connectivity index (χ0n) is 17.3. The van der Waals surface area contributed by atoms with Gasteiger partial charge in [0.2, 0.25) is 5.91 Å². The van der Waals surface area contributed by atoms with Gasteiger partial charge < -0.3 is 10.1 Å². The van der Waals surface area contributed by atoms with Crippen molar-refractivity contribution in [3.05, 3.63) is 52.1 Å². The molecule has 3 aromatic rings. The van der Waals surface area contributed by atoms with E-state index in [1.807, 2.05) is 44.2 Å². The summed E-state index contributed by atoms with van der Waals surface area (Å²) in [6, 6.07) is 9.64. The van der Waals surface area contributed by atoms with E-state index in [4.69, 9.17) is 4.74 Å². The number of para-hydroxylation sites is 1. The standard InChI is InChI=1S/C21H26N6O3/c1-15-19-16(2)27(17-6-4-3-5-7-17)24-20(19)21(29)26(23-15)14-18(28)22-8-9-25-10-12-30-13-11-25/h3-7H,8-14H2,1-2H3,(H,22,28). The summed E-state index contributed by atoms with van der Waals surface area (Å²) in [5.41, 5.74) is 2.35. The van der Waals surface area contributed by atoms with Gasteiger partial charge in [0.05, 0.1) is 35.7 Å². The largest absolute Gasteiger partial charge is 0.379 e. The van der Waals surface area contributed by atoms with E-state index >= 15 is 0 Å². The number of carbonyl (C=O) groups is 1. The molecule has 0 aliphatic carbocycles. The first-order valence-electron chi connectivity index (χ1n) is 10.1. The van der Waals surface area contributed by atoms with Crippen molar-refractivity contribution in [3.63, 3.8) is 0 Å². The Morgan fingerprint density at radius 3 is 2.60 bits per heavy atom. The van der Waals surface area contributed by atoms with Gasteiger partial charge in [0.15, 0.2) is 5.52 Å². The summed E-state index contributed by atoms with van der Waals surface area (Å²) >= 11 is 0. The van der Waals surface area contributed by atoms with E-state index < -0.39 is 0 Å². The Morgan fingerprint density at radius 1 is 1.13 bits per heavy atom. The van der Waals surface area contributed by atoms with Gasteiger partial charge in [0.1, 0.15) is 6.54 Å². The molecule has 1 aliphatic heterocycles. The number of carbonyl (C=O) groups excluding carboxylic acids is 1. The minimum absolute atomic E-state index is 0.129. The molecule has 9 nitrogen and oxygen atoms in total. The maximum atomic E-state index is 13.0. The van der Waals surface area contributed by atoms with E-state index in [0.29, 0.717) is 17.8 Å². The fourth-order valence-electron chi connectivity index (χ4n) is 3.78. The third-order valence-corrected chi connectivity index (χ3v) is 5.33. The smallest absolute Gasteiger partial charge is 0.295 e. The Morgan fingerprint density at radius 2 is 1.87 bits per heavy atom. The predicted octanol–water partition coefficient (Wildman–Crippen LogP) is 0.647. The van der Waals surface area contributed by atoms with Crippen molar-refractivity contribution in [2.75, 3.05) is 39.4 Å². The number of benzene rings is 1. The van der Waals surface area contributed by atoms with Crippen LogP contribution in [0.25, 0.3) is 16.6 Å². The number of aromatic nitrogens is 4. The van der Waals surface area contributed by atoms with Crippen molar-refractivity contribution in [1.29, 1.82) is 0 Å². The summed E-state index contributed by atoms with van der Waals surface area (Å²) in [4.78, 5) is 27.6. The quantitative estimate of drug-likeness (QED) is 0.641. The molecule has 1 aliphatic rings. The van der Waals surface area contributed by atoms with E-state index in [-0.39, 0.29) is 18.0 Å². The molecule has 1 saturated heterocycles. The van der Waals surface area contributed by atoms with Crippen LogP contribution in [0.15, 0.2) is 35.1 Å². The van der Waals surface area contributed by atoms with E-state index in [1.54, 1.807) is 4.68 Å². The number of hydrogen-bond acceptors (Lipinski definition) is 6. The molecule has 4 rings (SSSR count). The van der Waals surface area contributed by atoms with E-state index in [9.17, 15) is 9.59 Å². The van der Waals surface area contributed by atoms with Gasteiger partial charge in [-0.15, -0.1) is 0 Å². The molecular formula is C21H26N6O3. The van der Waals surface area contributed by atoms with Crippen molar-refractivity contribution in [2.45, 2.75) is 20.4 Å². The average molecular weight is 410 g/mol. The van der Waals surface area contributed by atoms with Crippen molar-refractivity contribution >= 4 is 16.8 Å². The SMILES string of the molecule is Cc1nn(CC(=O)NCCN2CCOCC2)c(=O)c2nn(-c3ccccc3)c(C)c12. The van der Waals surface area contributed by atoms with Gasteiger partial charge in [-0.25, -0.2) is 9.36 Å². The second kappa shape index (κ2) is 8.76. The summed E-state index contributed by atoms with van der Waals surface area (Å²) in [7, 11) is 0. The number of aryl methyl sites for hydroxylation is 2. The highest BCUT2D eigenvalue weighted by atomic mass is 16.5. The van der Waals surface area contributed by atoms with Gasteiger partial charge in [-0.05, 0) is 26.0 Å². The van der Waals surface area contributed by atoms with Crippen molar-refractivity contribution in [3.8, 4) is 5.69 Å². The maximum absolute atomic E-state index is 13.0. The molecular weight excluding hydrogens is 384 g/mol. The highest BCUT2D eigenvalue weighted by Gasteiger charge is 2.18. The lowest BCUT2D eigenvalue weighted by atomic mass is 10.2. The first-order chi connectivity index (χ1) is 14.5. The van der Waals surface area contributed by atoms with E-state index in [2.05, 4.69) is 20.4 Å². The molecule has 0 atom stereocenters. The molecule has 30 heavy (non-hydrogen) atoms. The van der Waals surface area contributed by atoms with E-state index in [1.165, 1.54) is 4.68 Å². The molecule has 0 spiro atoms. The normalized spacial score (nSPS) is 14.9. The molecule has 0 radical (unpaired) electrons. The molecule has 0 unspecified atom stereocenters. The van der Waals surface area contributed by atoms with Crippen LogP contribution in [-0.2, 0) is 16.1 Å². The van der Waals surface area contributed by atoms with Crippen LogP contribution in [0.4, 0.5) is 0 Å². The number of ether oxygens (including phenoxy) is 1. The number of nitrogens with one attached hydrogen (secondary N) is 1. The topological polar surface area (TPSA) is 94.3 Å². The van der Waals surface area contributed by atoms with Gasteiger partial charge in [0, 0.05) is 26.2 Å². The third kappa shape index (κ3) is 4.12. The summed E-state index contributed by atoms with van der Waals surface area (Å²) in [6.45, 7) is 8.09. The molecule has 1 aromatic carbocycles. The lowest BCUT2D eigenvalue weighted by Crippen LogP contribution is -2.42. The Bertz CT molecular complexity index is 1100. The molecule has 1 amide bonds. The average Bonchev–Trinajstić information content (AvgIpc) is 3.11. The number of nitrogens with zero attached hydrogens (tertiary/aromatic N) is 5. The molecule has 1 fully saturated rings. The summed E-state index contributed by atoms with van der Waals surface area (Å²) < 4.78 is 8.26. The zero-order chi connectivity index (χ0) is 21.1. The number of amides is 1. The van der Waals surface area contributed by atoms with Gasteiger partial charge in [-0.1, -0.05) is 18.2 Å². The van der Waals surface area contributed by atoms with Crippen LogP contribution in [0.3, 0.4) is 0 Å². The van der Waals surface area contributed by atoms with Crippen molar-refractivity contribution in [2.24, 2.45) is 0 Å². The van der Waals surface area contributed by atoms with Crippen LogP contribution in [-0.4, -0.2) is 69.8 Å². The van der Waals surface area contributed by atoms with Crippen LogP contribution < -0.4 is 10.9 Å². The Labute approximate surface area is 174 Å². The lowest BCUT2D eigenvalue weighted by molar-refractivity contribution is -0.122. The highest BCUT2D eigenvalue weighted by molar-refractivity contribution is 5.83. The molecule has 3 heterocycles. The molecule has 1 N–H and O–H groups in total. The van der Waals surface area contributed by atoms with Gasteiger partial charge in [-0.2, -0.15) is 10.2 Å². The second-order valence-electron chi connectivity index (χ2n) is 7.41. The molecule has 2 aromatic heterocycles. The number of fused-ring (bicyclic) bond motifs is 1. The lowest BCUT2D eigenvalue weighted by Gasteiger charge is -2.26. The number of morpholine rings is 1. The number of hydrogen-bond donors (Lipinski definition) is 1. The molecule has 0 saturated carbocycles. The van der Waals surface area contributed by atoms with Crippen LogP contribution in [0.5, 0.6) is 0 Å². The fraction of sp³-hybridized carbons (Fsp3) is 0.429.